The minimum atomic E-state index is -1.10. The van der Waals surface area contributed by atoms with Gasteiger partial charge in [0.15, 0.2) is 0 Å². The number of non-ortho nitro benzene ring substituents is 1. The van der Waals surface area contributed by atoms with Gasteiger partial charge in [0.05, 0.1) is 16.2 Å². The first-order chi connectivity index (χ1) is 11.8. The molecule has 25 heavy (non-hydrogen) atoms. The Kier molecular flexibility index (Phi) is 4.05. The molecule has 0 unspecified atom stereocenters. The lowest BCUT2D eigenvalue weighted by atomic mass is 10.1. The summed E-state index contributed by atoms with van der Waals surface area (Å²) in [6.45, 7) is 0. The minimum absolute atomic E-state index is 0.166. The number of nitrogens with zero attached hydrogens (tertiary/aromatic N) is 2. The third-order valence-corrected chi connectivity index (χ3v) is 3.90. The summed E-state index contributed by atoms with van der Waals surface area (Å²) in [5.41, 5.74) is -0.700. The topological polar surface area (TPSA) is 80.5 Å². The van der Waals surface area contributed by atoms with E-state index in [1.54, 1.807) is 0 Å². The van der Waals surface area contributed by atoms with E-state index >= 15 is 0 Å². The average molecular weight is 365 g/mol. The smallest absolute Gasteiger partial charge is 0.268 e. The zero-order valence-corrected chi connectivity index (χ0v) is 13.0. The van der Waals surface area contributed by atoms with Gasteiger partial charge in [0.25, 0.3) is 17.5 Å². The molecule has 0 bridgehead atoms. The number of nitro groups is 1. The van der Waals surface area contributed by atoms with E-state index < -0.39 is 39.1 Å². The second kappa shape index (κ2) is 6.06. The number of carbonyl (C=O) groups excluding carboxylic acids is 2. The maximum Gasteiger partial charge on any atom is 0.277 e. The van der Waals surface area contributed by atoms with E-state index in [0.717, 1.165) is 24.3 Å². The van der Waals surface area contributed by atoms with Gasteiger partial charge in [-0.15, -0.1) is 0 Å². The van der Waals surface area contributed by atoms with E-state index in [2.05, 4.69) is 0 Å². The quantitative estimate of drug-likeness (QED) is 0.475. The van der Waals surface area contributed by atoms with Gasteiger partial charge in [-0.1, -0.05) is 11.6 Å². The molecule has 1 aliphatic heterocycles. The van der Waals surface area contributed by atoms with Gasteiger partial charge < -0.3 is 0 Å². The number of anilines is 1. The van der Waals surface area contributed by atoms with E-state index in [-0.39, 0.29) is 16.8 Å². The lowest BCUT2D eigenvalue weighted by Gasteiger charge is -2.15. The molecule has 0 saturated heterocycles. The second-order valence-electron chi connectivity index (χ2n) is 5.03. The van der Waals surface area contributed by atoms with Crippen LogP contribution in [0, 0.1) is 21.7 Å². The molecular weight excluding hydrogens is 358 g/mol. The van der Waals surface area contributed by atoms with Crippen LogP contribution in [-0.2, 0) is 9.59 Å². The Bertz CT molecular complexity index is 957. The molecule has 0 atom stereocenters. The number of nitro benzene ring substituents is 1. The van der Waals surface area contributed by atoms with Crippen molar-refractivity contribution in [1.29, 1.82) is 0 Å². The van der Waals surface area contributed by atoms with Gasteiger partial charge >= 0.3 is 0 Å². The molecule has 0 aromatic heterocycles. The van der Waals surface area contributed by atoms with Crippen LogP contribution in [0.3, 0.4) is 0 Å². The summed E-state index contributed by atoms with van der Waals surface area (Å²) >= 11 is 5.93. The molecule has 0 spiro atoms. The summed E-state index contributed by atoms with van der Waals surface area (Å²) in [6, 6.07) is 7.18. The van der Waals surface area contributed by atoms with E-state index in [4.69, 9.17) is 11.6 Å². The Morgan fingerprint density at radius 1 is 1.00 bits per heavy atom. The number of benzene rings is 2. The van der Waals surface area contributed by atoms with Crippen LogP contribution in [0.1, 0.15) is 5.56 Å². The van der Waals surface area contributed by atoms with Crippen LogP contribution in [0.5, 0.6) is 0 Å². The summed E-state index contributed by atoms with van der Waals surface area (Å²) in [7, 11) is 0. The lowest BCUT2D eigenvalue weighted by molar-refractivity contribution is -0.384. The van der Waals surface area contributed by atoms with Crippen LogP contribution in [0.25, 0.3) is 5.57 Å². The van der Waals surface area contributed by atoms with Crippen molar-refractivity contribution < 1.29 is 23.3 Å². The summed E-state index contributed by atoms with van der Waals surface area (Å²) in [5.74, 6) is -3.84. The van der Waals surface area contributed by atoms with Gasteiger partial charge in [-0.3, -0.25) is 19.7 Å². The van der Waals surface area contributed by atoms with Crippen molar-refractivity contribution in [3.05, 3.63) is 74.8 Å². The van der Waals surface area contributed by atoms with Gasteiger partial charge in [0, 0.05) is 18.2 Å². The van der Waals surface area contributed by atoms with Gasteiger partial charge in [0.2, 0.25) is 0 Å². The predicted molar refractivity (Wildman–Crippen MR) is 84.7 cm³/mol. The van der Waals surface area contributed by atoms with Crippen LogP contribution >= 0.6 is 11.6 Å². The van der Waals surface area contributed by atoms with Crippen LogP contribution < -0.4 is 4.90 Å². The van der Waals surface area contributed by atoms with Crippen molar-refractivity contribution in [1.82, 2.24) is 0 Å². The molecule has 0 radical (unpaired) electrons. The number of hydrogen-bond donors (Lipinski definition) is 0. The van der Waals surface area contributed by atoms with Crippen molar-refractivity contribution in [3.63, 3.8) is 0 Å². The average Bonchev–Trinajstić information content (AvgIpc) is 2.78. The summed E-state index contributed by atoms with van der Waals surface area (Å²) in [6.07, 6.45) is 0. The number of amides is 2. The highest BCUT2D eigenvalue weighted by molar-refractivity contribution is 6.60. The number of halogens is 3. The molecule has 9 heteroatoms. The van der Waals surface area contributed by atoms with E-state index in [1.807, 2.05) is 0 Å². The van der Waals surface area contributed by atoms with E-state index in [0.29, 0.717) is 11.0 Å². The first-order valence-corrected chi connectivity index (χ1v) is 7.17. The molecule has 3 rings (SSSR count). The van der Waals surface area contributed by atoms with Crippen LogP contribution in [0.15, 0.2) is 47.5 Å². The monoisotopic (exact) mass is 364 g/mol. The molecule has 0 N–H and O–H groups in total. The van der Waals surface area contributed by atoms with Gasteiger partial charge in [0.1, 0.15) is 16.7 Å². The predicted octanol–water partition coefficient (Wildman–Crippen LogP) is 3.40. The molecule has 2 aromatic carbocycles. The Morgan fingerprint density at radius 2 is 1.64 bits per heavy atom. The summed E-state index contributed by atoms with van der Waals surface area (Å²) in [4.78, 5) is 35.4. The highest BCUT2D eigenvalue weighted by Gasteiger charge is 2.40. The fraction of sp³-hybridized carbons (Fsp3) is 0. The maximum atomic E-state index is 13.9. The zero-order chi connectivity index (χ0) is 18.3. The fourth-order valence-corrected chi connectivity index (χ4v) is 2.66. The van der Waals surface area contributed by atoms with E-state index in [9.17, 15) is 28.5 Å². The highest BCUT2D eigenvalue weighted by atomic mass is 35.5. The Morgan fingerprint density at radius 3 is 2.20 bits per heavy atom. The number of carbonyl (C=O) groups is 2. The summed E-state index contributed by atoms with van der Waals surface area (Å²) in [5, 5.41) is 10.2. The van der Waals surface area contributed by atoms with Gasteiger partial charge in [-0.05, 0) is 29.8 Å². The molecule has 126 valence electrons. The van der Waals surface area contributed by atoms with Gasteiger partial charge in [-0.2, -0.15) is 0 Å². The first-order valence-electron chi connectivity index (χ1n) is 6.79. The standard InChI is InChI=1S/C16H7ClF2N2O4/c17-14-13(8-1-4-10(5-2-8)21(24)25)15(22)20(16(14)23)12-6-3-9(18)7-11(12)19/h1-7H. The van der Waals surface area contributed by atoms with Crippen molar-refractivity contribution in [2.75, 3.05) is 4.90 Å². The molecule has 0 aliphatic carbocycles. The van der Waals surface area contributed by atoms with Crippen LogP contribution in [0.2, 0.25) is 0 Å². The number of hydrogen-bond acceptors (Lipinski definition) is 4. The van der Waals surface area contributed by atoms with Crippen LogP contribution in [0.4, 0.5) is 20.2 Å². The van der Waals surface area contributed by atoms with E-state index in [1.165, 1.54) is 12.1 Å². The molecular formula is C16H7ClF2N2O4. The van der Waals surface area contributed by atoms with Crippen molar-refractivity contribution in [3.8, 4) is 0 Å². The molecule has 0 fully saturated rings. The first kappa shape index (κ1) is 16.7. The fourth-order valence-electron chi connectivity index (χ4n) is 2.38. The molecule has 0 saturated carbocycles. The Hall–Kier alpha value is -3.13. The Labute approximate surface area is 144 Å². The normalized spacial score (nSPS) is 14.4. The van der Waals surface area contributed by atoms with Crippen LogP contribution in [-0.4, -0.2) is 16.7 Å². The zero-order valence-electron chi connectivity index (χ0n) is 12.2. The van der Waals surface area contributed by atoms with Gasteiger partial charge in [-0.25, -0.2) is 13.7 Å². The largest absolute Gasteiger partial charge is 0.277 e. The third kappa shape index (κ3) is 2.76. The van der Waals surface area contributed by atoms with Crippen molar-refractivity contribution in [2.24, 2.45) is 0 Å². The molecule has 2 amide bonds. The second-order valence-corrected chi connectivity index (χ2v) is 5.41. The molecule has 1 heterocycles. The molecule has 2 aromatic rings. The van der Waals surface area contributed by atoms with Crippen molar-refractivity contribution in [2.45, 2.75) is 0 Å². The SMILES string of the molecule is O=C1C(Cl)=C(c2ccc([N+](=O)[O-])cc2)C(=O)N1c1ccc(F)cc1F. The highest BCUT2D eigenvalue weighted by Crippen LogP contribution is 2.36. The molecule has 1 aliphatic rings. The minimum Gasteiger partial charge on any atom is -0.268 e. The lowest BCUT2D eigenvalue weighted by Crippen LogP contribution is -2.32. The maximum absolute atomic E-state index is 13.9. The number of imide groups is 1. The van der Waals surface area contributed by atoms with Crippen molar-refractivity contribution >= 4 is 40.4 Å². The third-order valence-electron chi connectivity index (χ3n) is 3.54. The molecule has 6 nitrogen and oxygen atoms in total. The Balaban J connectivity index is 2.03. The number of rotatable bonds is 3. The summed E-state index contributed by atoms with van der Waals surface area (Å²) < 4.78 is 27.0.